The fraction of sp³-hybridized carbons (Fsp3) is 0.0714. The summed E-state index contributed by atoms with van der Waals surface area (Å²) in [5, 5.41) is 2.68. The molecule has 2 aromatic carbocycles. The molecule has 0 aromatic heterocycles. The highest BCUT2D eigenvalue weighted by molar-refractivity contribution is 9.10. The summed E-state index contributed by atoms with van der Waals surface area (Å²) >= 11 is 3.31. The number of benzene rings is 2. The molecular formula is C14H12BrNO3S. The van der Waals surface area contributed by atoms with Crippen LogP contribution in [-0.4, -0.2) is 20.6 Å². The van der Waals surface area contributed by atoms with Gasteiger partial charge in [0.15, 0.2) is 9.84 Å². The van der Waals surface area contributed by atoms with Crippen LogP contribution in [0, 0.1) is 0 Å². The summed E-state index contributed by atoms with van der Waals surface area (Å²) in [4.78, 5) is 12.2. The highest BCUT2D eigenvalue weighted by Crippen LogP contribution is 2.19. The molecule has 0 bridgehead atoms. The third-order valence-electron chi connectivity index (χ3n) is 2.61. The molecule has 0 heterocycles. The number of rotatable bonds is 3. The molecule has 0 aliphatic rings. The van der Waals surface area contributed by atoms with E-state index in [1.165, 1.54) is 12.1 Å². The van der Waals surface area contributed by atoms with Crippen molar-refractivity contribution in [2.45, 2.75) is 4.90 Å². The van der Waals surface area contributed by atoms with Gasteiger partial charge in [0, 0.05) is 16.4 Å². The van der Waals surface area contributed by atoms with Gasteiger partial charge in [-0.05, 0) is 30.3 Å². The molecule has 6 heteroatoms. The zero-order valence-corrected chi connectivity index (χ0v) is 13.0. The van der Waals surface area contributed by atoms with Crippen LogP contribution in [0.1, 0.15) is 10.4 Å². The molecule has 0 unspecified atom stereocenters. The number of hydrogen-bond donors (Lipinski definition) is 1. The average molecular weight is 354 g/mol. The van der Waals surface area contributed by atoms with Gasteiger partial charge in [0.05, 0.1) is 10.5 Å². The van der Waals surface area contributed by atoms with Crippen molar-refractivity contribution >= 4 is 37.4 Å². The van der Waals surface area contributed by atoms with E-state index in [9.17, 15) is 13.2 Å². The van der Waals surface area contributed by atoms with Gasteiger partial charge in [-0.15, -0.1) is 0 Å². The molecule has 1 amide bonds. The lowest BCUT2D eigenvalue weighted by molar-refractivity contribution is 0.102. The minimum atomic E-state index is -3.45. The molecule has 20 heavy (non-hydrogen) atoms. The van der Waals surface area contributed by atoms with Crippen molar-refractivity contribution in [2.24, 2.45) is 0 Å². The quantitative estimate of drug-likeness (QED) is 0.921. The average Bonchev–Trinajstić information content (AvgIpc) is 2.37. The zero-order chi connectivity index (χ0) is 14.8. The van der Waals surface area contributed by atoms with E-state index in [1.54, 1.807) is 30.3 Å². The third-order valence-corrected chi connectivity index (χ3v) is 4.26. The van der Waals surface area contributed by atoms with Crippen molar-refractivity contribution < 1.29 is 13.2 Å². The second kappa shape index (κ2) is 5.76. The van der Waals surface area contributed by atoms with Gasteiger partial charge in [-0.1, -0.05) is 34.1 Å². The number of nitrogens with one attached hydrogen (secondary N) is 1. The van der Waals surface area contributed by atoms with E-state index in [-0.39, 0.29) is 10.5 Å². The molecule has 0 aliphatic heterocycles. The molecule has 4 nitrogen and oxygen atoms in total. The van der Waals surface area contributed by atoms with Gasteiger partial charge in [0.2, 0.25) is 0 Å². The molecule has 0 saturated carbocycles. The SMILES string of the molecule is CS(=O)(=O)c1ccccc1C(=O)Nc1cccc(Br)c1. The van der Waals surface area contributed by atoms with E-state index in [1.807, 2.05) is 6.07 Å². The first-order valence-electron chi connectivity index (χ1n) is 5.74. The van der Waals surface area contributed by atoms with Gasteiger partial charge >= 0.3 is 0 Å². The van der Waals surface area contributed by atoms with Crippen LogP contribution in [0.2, 0.25) is 0 Å². The maximum absolute atomic E-state index is 12.2. The predicted molar refractivity (Wildman–Crippen MR) is 81.6 cm³/mol. The summed E-state index contributed by atoms with van der Waals surface area (Å²) in [5.41, 5.74) is 0.725. The van der Waals surface area contributed by atoms with E-state index >= 15 is 0 Å². The Balaban J connectivity index is 2.36. The van der Waals surface area contributed by atoms with E-state index in [0.717, 1.165) is 10.7 Å². The van der Waals surface area contributed by atoms with Crippen molar-refractivity contribution in [2.75, 3.05) is 11.6 Å². The lowest BCUT2D eigenvalue weighted by atomic mass is 10.2. The van der Waals surface area contributed by atoms with Crippen LogP contribution < -0.4 is 5.32 Å². The van der Waals surface area contributed by atoms with Crippen molar-refractivity contribution in [1.29, 1.82) is 0 Å². The number of carbonyl (C=O) groups is 1. The summed E-state index contributed by atoms with van der Waals surface area (Å²) in [6, 6.07) is 13.2. The first-order valence-corrected chi connectivity index (χ1v) is 8.42. The van der Waals surface area contributed by atoms with E-state index in [4.69, 9.17) is 0 Å². The largest absolute Gasteiger partial charge is 0.322 e. The fourth-order valence-corrected chi connectivity index (χ4v) is 3.03. The zero-order valence-electron chi connectivity index (χ0n) is 10.6. The first kappa shape index (κ1) is 14.7. The number of hydrogen-bond acceptors (Lipinski definition) is 3. The Hall–Kier alpha value is -1.66. The standard InChI is InChI=1S/C14H12BrNO3S/c1-20(18,19)13-8-3-2-7-12(13)14(17)16-11-6-4-5-10(15)9-11/h2-9H,1H3,(H,16,17). The van der Waals surface area contributed by atoms with Crippen LogP contribution in [0.25, 0.3) is 0 Å². The van der Waals surface area contributed by atoms with Crippen molar-refractivity contribution in [3.8, 4) is 0 Å². The predicted octanol–water partition coefficient (Wildman–Crippen LogP) is 3.10. The van der Waals surface area contributed by atoms with Crippen molar-refractivity contribution in [1.82, 2.24) is 0 Å². The number of halogens is 1. The van der Waals surface area contributed by atoms with Gasteiger partial charge in [0.1, 0.15) is 0 Å². The van der Waals surface area contributed by atoms with Gasteiger partial charge < -0.3 is 5.32 Å². The molecule has 2 rings (SSSR count). The normalized spacial score (nSPS) is 11.1. The number of amides is 1. The monoisotopic (exact) mass is 353 g/mol. The van der Waals surface area contributed by atoms with Crippen LogP contribution >= 0.6 is 15.9 Å². The molecular weight excluding hydrogens is 342 g/mol. The summed E-state index contributed by atoms with van der Waals surface area (Å²) in [7, 11) is -3.45. The summed E-state index contributed by atoms with van der Waals surface area (Å²) in [6.07, 6.45) is 1.08. The minimum Gasteiger partial charge on any atom is -0.322 e. The highest BCUT2D eigenvalue weighted by atomic mass is 79.9. The molecule has 0 atom stereocenters. The molecule has 0 saturated heterocycles. The molecule has 0 fully saturated rings. The second-order valence-electron chi connectivity index (χ2n) is 4.23. The van der Waals surface area contributed by atoms with Crippen LogP contribution in [0.15, 0.2) is 57.9 Å². The van der Waals surface area contributed by atoms with Crippen LogP contribution in [-0.2, 0) is 9.84 Å². The Bertz CT molecular complexity index is 757. The summed E-state index contributed by atoms with van der Waals surface area (Å²) in [6.45, 7) is 0. The molecule has 104 valence electrons. The van der Waals surface area contributed by atoms with E-state index < -0.39 is 15.7 Å². The number of carbonyl (C=O) groups excluding carboxylic acids is 1. The van der Waals surface area contributed by atoms with Crippen molar-refractivity contribution in [3.63, 3.8) is 0 Å². The maximum Gasteiger partial charge on any atom is 0.256 e. The summed E-state index contributed by atoms with van der Waals surface area (Å²) in [5.74, 6) is -0.455. The van der Waals surface area contributed by atoms with Crippen LogP contribution in [0.4, 0.5) is 5.69 Å². The van der Waals surface area contributed by atoms with Gasteiger partial charge in [-0.3, -0.25) is 4.79 Å². The first-order chi connectivity index (χ1) is 9.38. The second-order valence-corrected chi connectivity index (χ2v) is 7.13. The van der Waals surface area contributed by atoms with Crippen LogP contribution in [0.3, 0.4) is 0 Å². The molecule has 0 spiro atoms. The van der Waals surface area contributed by atoms with Gasteiger partial charge in [-0.25, -0.2) is 8.42 Å². The van der Waals surface area contributed by atoms with E-state index in [0.29, 0.717) is 5.69 Å². The Morgan fingerprint density at radius 2 is 1.80 bits per heavy atom. The maximum atomic E-state index is 12.2. The topological polar surface area (TPSA) is 63.2 Å². The smallest absolute Gasteiger partial charge is 0.256 e. The van der Waals surface area contributed by atoms with Crippen LogP contribution in [0.5, 0.6) is 0 Å². The minimum absolute atomic E-state index is 0.0208. The molecule has 0 radical (unpaired) electrons. The molecule has 0 aliphatic carbocycles. The number of sulfone groups is 1. The van der Waals surface area contributed by atoms with E-state index in [2.05, 4.69) is 21.2 Å². The Labute approximate surface area is 125 Å². The highest BCUT2D eigenvalue weighted by Gasteiger charge is 2.18. The number of anilines is 1. The molecule has 2 aromatic rings. The lowest BCUT2D eigenvalue weighted by Crippen LogP contribution is -2.15. The summed E-state index contributed by atoms with van der Waals surface area (Å²) < 4.78 is 24.2. The molecule has 1 N–H and O–H groups in total. The van der Waals surface area contributed by atoms with Gasteiger partial charge in [-0.2, -0.15) is 0 Å². The van der Waals surface area contributed by atoms with Crippen molar-refractivity contribution in [3.05, 3.63) is 58.6 Å². The Morgan fingerprint density at radius 1 is 1.10 bits per heavy atom. The fourth-order valence-electron chi connectivity index (χ4n) is 1.74. The lowest BCUT2D eigenvalue weighted by Gasteiger charge is -2.09. The Kier molecular flexibility index (Phi) is 4.25. The third kappa shape index (κ3) is 3.46. The van der Waals surface area contributed by atoms with Gasteiger partial charge in [0.25, 0.3) is 5.91 Å². The Morgan fingerprint density at radius 3 is 2.45 bits per heavy atom.